The van der Waals surface area contributed by atoms with Gasteiger partial charge >= 0.3 is 0 Å². The zero-order valence-corrected chi connectivity index (χ0v) is 17.1. The molecule has 1 rings (SSSR count). The molecule has 2 N–H and O–H groups in total. The quantitative estimate of drug-likeness (QED) is 0.250. The number of para-hydroxylation sites is 1. The Bertz CT molecular complexity index is 706. The van der Waals surface area contributed by atoms with Gasteiger partial charge in [0, 0.05) is 18.8 Å². The van der Waals surface area contributed by atoms with Crippen molar-refractivity contribution < 1.29 is 0 Å². The first-order chi connectivity index (χ1) is 12.4. The van der Waals surface area contributed by atoms with Crippen LogP contribution in [0.25, 0.3) is 0 Å². The van der Waals surface area contributed by atoms with Crippen LogP contribution < -0.4 is 10.9 Å². The van der Waals surface area contributed by atoms with E-state index < -0.39 is 0 Å². The second kappa shape index (κ2) is 11.7. The van der Waals surface area contributed by atoms with Gasteiger partial charge in [-0.15, -0.1) is 0 Å². The summed E-state index contributed by atoms with van der Waals surface area (Å²) in [5.74, 6) is 0.0459. The average molecular weight is 393 g/mol. The van der Waals surface area contributed by atoms with E-state index >= 15 is 0 Å². The predicted octanol–water partition coefficient (Wildman–Crippen LogP) is 5.56. The molecule has 140 valence electrons. The average Bonchev–Trinajstić information content (AvgIpc) is 2.61. The second-order valence-electron chi connectivity index (χ2n) is 5.76. The number of benzene rings is 1. The molecule has 0 aliphatic heterocycles. The third kappa shape index (κ3) is 7.16. The smallest absolute Gasteiger partial charge is 0.136 e. The molecule has 4 nitrogen and oxygen atoms in total. The van der Waals surface area contributed by atoms with Crippen molar-refractivity contribution in [1.82, 2.24) is 10.9 Å². The van der Waals surface area contributed by atoms with Crippen molar-refractivity contribution in [2.75, 3.05) is 7.05 Å². The standard InChI is InChI=1S/C20H26Cl2N4/c1-6-10-15(3)24-13-14(2)16(4)18(20(22)26-23-5)19(21)25-17-11-8-7-9-12-17/h6-14,16,23,26H,3H2,1-2,4-5H3/b10-6-,20-18-,24-13?,25-19?. The molecule has 1 aromatic carbocycles. The number of halogens is 2. The van der Waals surface area contributed by atoms with Crippen molar-refractivity contribution in [2.45, 2.75) is 20.8 Å². The summed E-state index contributed by atoms with van der Waals surface area (Å²) in [6.45, 7) is 9.89. The van der Waals surface area contributed by atoms with Crippen LogP contribution in [-0.2, 0) is 0 Å². The molecule has 0 saturated carbocycles. The fraction of sp³-hybridized carbons (Fsp3) is 0.300. The lowest BCUT2D eigenvalue weighted by Gasteiger charge is -2.21. The first kappa shape index (κ1) is 22.2. The largest absolute Gasteiger partial charge is 0.312 e. The van der Waals surface area contributed by atoms with E-state index in [-0.39, 0.29) is 11.8 Å². The number of nitrogens with one attached hydrogen (secondary N) is 2. The van der Waals surface area contributed by atoms with E-state index in [1.54, 1.807) is 7.05 Å². The topological polar surface area (TPSA) is 48.8 Å². The number of hydrogen-bond acceptors (Lipinski definition) is 4. The summed E-state index contributed by atoms with van der Waals surface area (Å²) in [6, 6.07) is 9.51. The molecule has 0 fully saturated rings. The molecule has 1 aromatic rings. The fourth-order valence-electron chi connectivity index (χ4n) is 2.17. The molecule has 0 radical (unpaired) electrons. The van der Waals surface area contributed by atoms with Crippen molar-refractivity contribution in [3.8, 4) is 0 Å². The van der Waals surface area contributed by atoms with E-state index in [9.17, 15) is 0 Å². The van der Waals surface area contributed by atoms with E-state index in [0.717, 1.165) is 5.69 Å². The van der Waals surface area contributed by atoms with E-state index in [2.05, 4.69) is 27.4 Å². The molecule has 2 atom stereocenters. The van der Waals surface area contributed by atoms with Crippen molar-refractivity contribution in [2.24, 2.45) is 21.8 Å². The molecule has 0 aliphatic carbocycles. The van der Waals surface area contributed by atoms with Crippen molar-refractivity contribution in [3.63, 3.8) is 0 Å². The van der Waals surface area contributed by atoms with E-state index in [1.165, 1.54) is 0 Å². The molecular formula is C20H26Cl2N4. The molecule has 0 bridgehead atoms. The van der Waals surface area contributed by atoms with Crippen LogP contribution in [-0.4, -0.2) is 18.4 Å². The number of rotatable bonds is 9. The monoisotopic (exact) mass is 392 g/mol. The Labute approximate surface area is 166 Å². The van der Waals surface area contributed by atoms with Gasteiger partial charge in [-0.1, -0.05) is 67.9 Å². The molecule has 0 aromatic heterocycles. The van der Waals surface area contributed by atoms with Crippen LogP contribution in [0.2, 0.25) is 0 Å². The van der Waals surface area contributed by atoms with Crippen LogP contribution in [0.15, 0.2) is 75.5 Å². The molecule has 0 amide bonds. The highest BCUT2D eigenvalue weighted by Crippen LogP contribution is 2.28. The Balaban J connectivity index is 3.16. The van der Waals surface area contributed by atoms with Crippen LogP contribution in [0.4, 0.5) is 5.69 Å². The highest BCUT2D eigenvalue weighted by atomic mass is 35.5. The molecule has 0 spiro atoms. The van der Waals surface area contributed by atoms with Crippen molar-refractivity contribution in [1.29, 1.82) is 0 Å². The van der Waals surface area contributed by atoms with Crippen LogP contribution >= 0.6 is 23.2 Å². The molecule has 26 heavy (non-hydrogen) atoms. The first-order valence-corrected chi connectivity index (χ1v) is 9.14. The molecule has 2 unspecified atom stereocenters. The molecule has 0 saturated heterocycles. The maximum atomic E-state index is 6.53. The summed E-state index contributed by atoms with van der Waals surface area (Å²) in [5.41, 5.74) is 7.88. The zero-order chi connectivity index (χ0) is 19.5. The highest BCUT2D eigenvalue weighted by Gasteiger charge is 2.22. The third-order valence-electron chi connectivity index (χ3n) is 3.76. The van der Waals surface area contributed by atoms with Gasteiger partial charge in [0.15, 0.2) is 0 Å². The van der Waals surface area contributed by atoms with Gasteiger partial charge in [-0.3, -0.25) is 4.99 Å². The second-order valence-corrected chi connectivity index (χ2v) is 6.49. The number of allylic oxidation sites excluding steroid dienone is 3. The van der Waals surface area contributed by atoms with Crippen LogP contribution in [0, 0.1) is 11.8 Å². The Kier molecular flexibility index (Phi) is 9.96. The van der Waals surface area contributed by atoms with E-state index in [0.29, 0.717) is 21.6 Å². The van der Waals surface area contributed by atoms with Crippen molar-refractivity contribution in [3.05, 3.63) is 65.5 Å². The summed E-state index contributed by atoms with van der Waals surface area (Å²) in [5, 5.41) is 0.737. The van der Waals surface area contributed by atoms with Crippen LogP contribution in [0.3, 0.4) is 0 Å². The summed E-state index contributed by atoms with van der Waals surface area (Å²) >= 11 is 13.0. The van der Waals surface area contributed by atoms with Gasteiger partial charge in [0.1, 0.15) is 10.3 Å². The Morgan fingerprint density at radius 2 is 1.85 bits per heavy atom. The van der Waals surface area contributed by atoms with Crippen LogP contribution in [0.1, 0.15) is 20.8 Å². The number of nitrogens with zero attached hydrogens (tertiary/aromatic N) is 2. The number of aliphatic imine (C=N–C) groups is 2. The minimum atomic E-state index is -0.0227. The lowest BCUT2D eigenvalue weighted by Crippen LogP contribution is -2.29. The summed E-state index contributed by atoms with van der Waals surface area (Å²) < 4.78 is 0. The lowest BCUT2D eigenvalue weighted by molar-refractivity contribution is 0.574. The summed E-state index contributed by atoms with van der Waals surface area (Å²) in [7, 11) is 1.73. The Morgan fingerprint density at radius 3 is 2.42 bits per heavy atom. The Morgan fingerprint density at radius 1 is 1.19 bits per heavy atom. The van der Waals surface area contributed by atoms with Crippen molar-refractivity contribution >= 4 is 40.3 Å². The van der Waals surface area contributed by atoms with E-state index in [4.69, 9.17) is 23.2 Å². The molecule has 0 aliphatic rings. The minimum Gasteiger partial charge on any atom is -0.312 e. The molecule has 0 heterocycles. The maximum absolute atomic E-state index is 6.53. The first-order valence-electron chi connectivity index (χ1n) is 8.38. The van der Waals surface area contributed by atoms with E-state index in [1.807, 2.05) is 69.5 Å². The zero-order valence-electron chi connectivity index (χ0n) is 15.6. The van der Waals surface area contributed by atoms with Gasteiger partial charge < -0.3 is 5.43 Å². The third-order valence-corrected chi connectivity index (χ3v) is 4.34. The normalized spacial score (nSPS) is 15.8. The molecule has 6 heteroatoms. The predicted molar refractivity (Wildman–Crippen MR) is 115 cm³/mol. The minimum absolute atomic E-state index is 0.0227. The van der Waals surface area contributed by atoms with Gasteiger partial charge in [0.05, 0.1) is 11.4 Å². The van der Waals surface area contributed by atoms with Gasteiger partial charge in [-0.2, -0.15) is 0 Å². The van der Waals surface area contributed by atoms with Gasteiger partial charge in [0.25, 0.3) is 0 Å². The van der Waals surface area contributed by atoms with Gasteiger partial charge in [-0.25, -0.2) is 10.4 Å². The number of hydrogen-bond donors (Lipinski definition) is 2. The highest BCUT2D eigenvalue weighted by molar-refractivity contribution is 6.70. The van der Waals surface area contributed by atoms with Crippen LogP contribution in [0.5, 0.6) is 0 Å². The number of hydrazine groups is 1. The maximum Gasteiger partial charge on any atom is 0.136 e. The van der Waals surface area contributed by atoms with Gasteiger partial charge in [0.2, 0.25) is 0 Å². The SMILES string of the molecule is C=C(/C=C\C)N=CC(C)C(C)/C(C(Cl)=Nc1ccccc1)=C(\Cl)NNC. The Hall–Kier alpha value is -1.88. The summed E-state index contributed by atoms with van der Waals surface area (Å²) in [6.07, 6.45) is 5.60. The summed E-state index contributed by atoms with van der Waals surface area (Å²) in [4.78, 5) is 8.86. The fourth-order valence-corrected chi connectivity index (χ4v) is 2.94. The van der Waals surface area contributed by atoms with Gasteiger partial charge in [-0.05, 0) is 37.0 Å². The lowest BCUT2D eigenvalue weighted by atomic mass is 9.90. The molecular weight excluding hydrogens is 367 g/mol.